The van der Waals surface area contributed by atoms with E-state index in [-0.39, 0.29) is 24.2 Å². The van der Waals surface area contributed by atoms with Gasteiger partial charge in [-0.2, -0.15) is 5.10 Å². The second-order valence-electron chi connectivity index (χ2n) is 4.72. The van der Waals surface area contributed by atoms with Gasteiger partial charge in [-0.15, -0.1) is 12.4 Å². The summed E-state index contributed by atoms with van der Waals surface area (Å²) in [6, 6.07) is 0. The van der Waals surface area contributed by atoms with Crippen molar-refractivity contribution >= 4 is 18.3 Å². The van der Waals surface area contributed by atoms with Crippen molar-refractivity contribution in [2.75, 3.05) is 19.6 Å². The first-order valence-corrected chi connectivity index (χ1v) is 6.58. The minimum absolute atomic E-state index is 0. The van der Waals surface area contributed by atoms with Gasteiger partial charge >= 0.3 is 0 Å². The Balaban J connectivity index is 0.00000180. The molecule has 1 atom stereocenters. The zero-order valence-corrected chi connectivity index (χ0v) is 12.1. The quantitative estimate of drug-likeness (QED) is 0.835. The number of hydrogen-bond acceptors (Lipinski definition) is 4. The molecule has 1 saturated heterocycles. The number of aryl methyl sites for hydroxylation is 1. The smallest absolute Gasteiger partial charge is 0.223 e. The summed E-state index contributed by atoms with van der Waals surface area (Å²) in [7, 11) is 1.86. The first kappa shape index (κ1) is 15.9. The summed E-state index contributed by atoms with van der Waals surface area (Å²) < 4.78 is 1.74. The van der Waals surface area contributed by atoms with Crippen LogP contribution >= 0.6 is 12.4 Å². The fourth-order valence-electron chi connectivity index (χ4n) is 2.27. The van der Waals surface area contributed by atoms with Crippen molar-refractivity contribution < 1.29 is 4.79 Å². The Morgan fingerprint density at radius 1 is 1.53 bits per heavy atom. The van der Waals surface area contributed by atoms with Gasteiger partial charge in [0.05, 0.1) is 0 Å². The fourth-order valence-corrected chi connectivity index (χ4v) is 2.27. The molecule has 1 aromatic rings. The normalized spacial score (nSPS) is 19.3. The Labute approximate surface area is 119 Å². The SMILES string of the molecule is Cl.Cn1ncnc1CCNC(=O)C1CCCNCC1. The highest BCUT2D eigenvalue weighted by Gasteiger charge is 2.19. The summed E-state index contributed by atoms with van der Waals surface area (Å²) in [5.74, 6) is 1.25. The molecule has 0 radical (unpaired) electrons. The maximum Gasteiger partial charge on any atom is 0.223 e. The number of aromatic nitrogens is 3. The van der Waals surface area contributed by atoms with E-state index in [1.165, 1.54) is 6.33 Å². The Bertz CT molecular complexity index is 387. The third-order valence-electron chi connectivity index (χ3n) is 3.40. The van der Waals surface area contributed by atoms with Gasteiger partial charge in [-0.1, -0.05) is 0 Å². The molecule has 2 N–H and O–H groups in total. The van der Waals surface area contributed by atoms with Crippen molar-refractivity contribution in [2.45, 2.75) is 25.7 Å². The van der Waals surface area contributed by atoms with E-state index in [2.05, 4.69) is 20.7 Å². The molecule has 0 aromatic carbocycles. The largest absolute Gasteiger partial charge is 0.355 e. The molecule has 2 rings (SSSR count). The molecular weight excluding hydrogens is 266 g/mol. The van der Waals surface area contributed by atoms with Gasteiger partial charge in [-0.25, -0.2) is 4.98 Å². The highest BCUT2D eigenvalue weighted by Crippen LogP contribution is 2.13. The van der Waals surface area contributed by atoms with E-state index < -0.39 is 0 Å². The monoisotopic (exact) mass is 287 g/mol. The van der Waals surface area contributed by atoms with E-state index in [1.54, 1.807) is 4.68 Å². The molecule has 7 heteroatoms. The van der Waals surface area contributed by atoms with Gasteiger partial charge in [-0.3, -0.25) is 9.48 Å². The highest BCUT2D eigenvalue weighted by atomic mass is 35.5. The predicted molar refractivity (Wildman–Crippen MR) is 75.2 cm³/mol. The number of rotatable bonds is 4. The van der Waals surface area contributed by atoms with Crippen LogP contribution < -0.4 is 10.6 Å². The minimum Gasteiger partial charge on any atom is -0.355 e. The predicted octanol–water partition coefficient (Wildman–Crippen LogP) is 0.285. The van der Waals surface area contributed by atoms with Gasteiger partial charge in [-0.05, 0) is 32.4 Å². The van der Waals surface area contributed by atoms with Gasteiger partial charge in [0.2, 0.25) is 5.91 Å². The Hall–Kier alpha value is -1.14. The molecule has 1 unspecified atom stereocenters. The lowest BCUT2D eigenvalue weighted by Gasteiger charge is -2.13. The summed E-state index contributed by atoms with van der Waals surface area (Å²) in [4.78, 5) is 16.1. The van der Waals surface area contributed by atoms with E-state index >= 15 is 0 Å². The van der Waals surface area contributed by atoms with Crippen LogP contribution in [0.25, 0.3) is 0 Å². The number of nitrogens with zero attached hydrogens (tertiary/aromatic N) is 3. The van der Waals surface area contributed by atoms with Gasteiger partial charge < -0.3 is 10.6 Å². The summed E-state index contributed by atoms with van der Waals surface area (Å²) in [6.45, 7) is 2.61. The van der Waals surface area contributed by atoms with Crippen molar-refractivity contribution in [1.82, 2.24) is 25.4 Å². The number of carbonyl (C=O) groups is 1. The van der Waals surface area contributed by atoms with Crippen molar-refractivity contribution in [1.29, 1.82) is 0 Å². The van der Waals surface area contributed by atoms with Gasteiger partial charge in [0, 0.05) is 25.9 Å². The lowest BCUT2D eigenvalue weighted by Crippen LogP contribution is -2.33. The fraction of sp³-hybridized carbons (Fsp3) is 0.750. The summed E-state index contributed by atoms with van der Waals surface area (Å²) in [6.07, 6.45) is 5.28. The van der Waals surface area contributed by atoms with Crippen molar-refractivity contribution in [3.63, 3.8) is 0 Å². The number of halogens is 1. The van der Waals surface area contributed by atoms with Crippen molar-refractivity contribution in [3.8, 4) is 0 Å². The molecule has 1 aliphatic rings. The van der Waals surface area contributed by atoms with Crippen LogP contribution in [0.4, 0.5) is 0 Å². The number of amides is 1. The molecule has 1 aromatic heterocycles. The molecule has 0 spiro atoms. The zero-order valence-electron chi connectivity index (χ0n) is 11.3. The Morgan fingerprint density at radius 2 is 2.37 bits per heavy atom. The van der Waals surface area contributed by atoms with Crippen LogP contribution in [0.2, 0.25) is 0 Å². The van der Waals surface area contributed by atoms with Crippen LogP contribution in [0.3, 0.4) is 0 Å². The van der Waals surface area contributed by atoms with E-state index in [0.717, 1.165) is 44.6 Å². The zero-order chi connectivity index (χ0) is 12.8. The first-order chi connectivity index (χ1) is 8.77. The third-order valence-corrected chi connectivity index (χ3v) is 3.40. The molecule has 1 fully saturated rings. The molecular formula is C12H22ClN5O. The van der Waals surface area contributed by atoms with Gasteiger partial charge in [0.15, 0.2) is 0 Å². The lowest BCUT2D eigenvalue weighted by atomic mass is 10.00. The van der Waals surface area contributed by atoms with Crippen LogP contribution in [-0.2, 0) is 18.3 Å². The molecule has 0 saturated carbocycles. The van der Waals surface area contributed by atoms with Crippen molar-refractivity contribution in [2.24, 2.45) is 13.0 Å². The van der Waals surface area contributed by atoms with Gasteiger partial charge in [0.25, 0.3) is 0 Å². The molecule has 2 heterocycles. The van der Waals surface area contributed by atoms with Crippen LogP contribution in [-0.4, -0.2) is 40.3 Å². The molecule has 6 nitrogen and oxygen atoms in total. The average Bonchev–Trinajstić information content (AvgIpc) is 2.64. The molecule has 19 heavy (non-hydrogen) atoms. The molecule has 0 aliphatic carbocycles. The number of carbonyl (C=O) groups excluding carboxylic acids is 1. The van der Waals surface area contributed by atoms with Crippen LogP contribution in [0.5, 0.6) is 0 Å². The first-order valence-electron chi connectivity index (χ1n) is 6.58. The van der Waals surface area contributed by atoms with Crippen LogP contribution in [0, 0.1) is 5.92 Å². The van der Waals surface area contributed by atoms with Crippen LogP contribution in [0.1, 0.15) is 25.1 Å². The van der Waals surface area contributed by atoms with E-state index in [9.17, 15) is 4.79 Å². The standard InChI is InChI=1S/C12H21N5O.ClH/c1-17-11(15-9-16-17)5-8-14-12(18)10-3-2-6-13-7-4-10;/h9-10,13H,2-8H2,1H3,(H,14,18);1H. The molecule has 1 amide bonds. The topological polar surface area (TPSA) is 71.8 Å². The lowest BCUT2D eigenvalue weighted by molar-refractivity contribution is -0.125. The molecule has 0 bridgehead atoms. The Morgan fingerprint density at radius 3 is 3.11 bits per heavy atom. The number of nitrogens with one attached hydrogen (secondary N) is 2. The Kier molecular flexibility index (Phi) is 6.80. The highest BCUT2D eigenvalue weighted by molar-refractivity contribution is 5.85. The second kappa shape index (κ2) is 8.12. The van der Waals surface area contributed by atoms with E-state index in [4.69, 9.17) is 0 Å². The third kappa shape index (κ3) is 4.80. The summed E-state index contributed by atoms with van der Waals surface area (Å²) in [5.41, 5.74) is 0. The number of hydrogen-bond donors (Lipinski definition) is 2. The van der Waals surface area contributed by atoms with Crippen molar-refractivity contribution in [3.05, 3.63) is 12.2 Å². The minimum atomic E-state index is 0. The summed E-state index contributed by atoms with van der Waals surface area (Å²) >= 11 is 0. The van der Waals surface area contributed by atoms with E-state index in [1.807, 2.05) is 7.05 Å². The molecule has 108 valence electrons. The average molecular weight is 288 g/mol. The van der Waals surface area contributed by atoms with Crippen LogP contribution in [0.15, 0.2) is 6.33 Å². The summed E-state index contributed by atoms with van der Waals surface area (Å²) in [5, 5.41) is 10.3. The maximum absolute atomic E-state index is 12.0. The maximum atomic E-state index is 12.0. The van der Waals surface area contributed by atoms with E-state index in [0.29, 0.717) is 6.54 Å². The van der Waals surface area contributed by atoms with Gasteiger partial charge in [0.1, 0.15) is 12.2 Å². The molecule has 1 aliphatic heterocycles. The second-order valence-corrected chi connectivity index (χ2v) is 4.72.